The predicted octanol–water partition coefficient (Wildman–Crippen LogP) is 3.27. The Morgan fingerprint density at radius 2 is 2.10 bits per heavy atom. The standard InChI is InChI=1S/C15H17ClN2O2S/c1-15(2,14-17-7-8-21-14)18-13(20)9-12(19)10-3-5-11(16)6-4-10/h3-8,12,19H,9H2,1-2H3,(H,18,20). The number of aliphatic hydroxyl groups excluding tert-OH is 1. The van der Waals surface area contributed by atoms with Crippen LogP contribution in [0.2, 0.25) is 5.02 Å². The lowest BCUT2D eigenvalue weighted by Gasteiger charge is -2.24. The fraction of sp³-hybridized carbons (Fsp3) is 0.333. The summed E-state index contributed by atoms with van der Waals surface area (Å²) in [6.07, 6.45) is 0.849. The van der Waals surface area contributed by atoms with E-state index in [1.165, 1.54) is 11.3 Å². The Morgan fingerprint density at radius 3 is 2.67 bits per heavy atom. The molecule has 1 aromatic carbocycles. The van der Waals surface area contributed by atoms with Crippen LogP contribution in [0.5, 0.6) is 0 Å². The highest BCUT2D eigenvalue weighted by molar-refractivity contribution is 7.09. The summed E-state index contributed by atoms with van der Waals surface area (Å²) in [5, 5.41) is 16.3. The van der Waals surface area contributed by atoms with Crippen LogP contribution < -0.4 is 5.32 Å². The van der Waals surface area contributed by atoms with Gasteiger partial charge in [0.15, 0.2) is 0 Å². The molecule has 21 heavy (non-hydrogen) atoms. The molecule has 0 saturated carbocycles. The minimum Gasteiger partial charge on any atom is -0.388 e. The number of carbonyl (C=O) groups is 1. The Morgan fingerprint density at radius 1 is 1.43 bits per heavy atom. The van der Waals surface area contributed by atoms with Crippen molar-refractivity contribution >= 4 is 28.8 Å². The average molecular weight is 325 g/mol. The molecule has 1 heterocycles. The topological polar surface area (TPSA) is 62.2 Å². The molecule has 0 radical (unpaired) electrons. The first-order valence-electron chi connectivity index (χ1n) is 6.53. The first kappa shape index (κ1) is 15.9. The van der Waals surface area contributed by atoms with E-state index in [0.717, 1.165) is 5.01 Å². The second kappa shape index (κ2) is 6.56. The average Bonchev–Trinajstić information content (AvgIpc) is 2.93. The number of rotatable bonds is 5. The van der Waals surface area contributed by atoms with E-state index in [4.69, 9.17) is 11.6 Å². The van der Waals surface area contributed by atoms with Gasteiger partial charge in [0.25, 0.3) is 0 Å². The van der Waals surface area contributed by atoms with E-state index in [0.29, 0.717) is 10.6 Å². The van der Waals surface area contributed by atoms with Crippen LogP contribution >= 0.6 is 22.9 Å². The Labute approximate surface area is 132 Å². The van der Waals surface area contributed by atoms with Crippen molar-refractivity contribution in [3.05, 3.63) is 51.4 Å². The quantitative estimate of drug-likeness (QED) is 0.887. The Bertz CT molecular complexity index is 597. The lowest BCUT2D eigenvalue weighted by atomic mass is 10.0. The van der Waals surface area contributed by atoms with E-state index in [2.05, 4.69) is 10.3 Å². The van der Waals surface area contributed by atoms with E-state index in [1.807, 2.05) is 19.2 Å². The molecule has 0 bridgehead atoms. The highest BCUT2D eigenvalue weighted by atomic mass is 35.5. The van der Waals surface area contributed by atoms with E-state index in [9.17, 15) is 9.90 Å². The van der Waals surface area contributed by atoms with Crippen LogP contribution in [0.15, 0.2) is 35.8 Å². The number of amides is 1. The molecule has 6 heteroatoms. The molecule has 0 fully saturated rings. The molecule has 2 rings (SSSR count). The van der Waals surface area contributed by atoms with E-state index >= 15 is 0 Å². The third-order valence-electron chi connectivity index (χ3n) is 3.05. The van der Waals surface area contributed by atoms with Crippen LogP contribution in [0.1, 0.15) is 36.9 Å². The van der Waals surface area contributed by atoms with Crippen LogP contribution in [0.3, 0.4) is 0 Å². The molecule has 0 spiro atoms. The van der Waals surface area contributed by atoms with Gasteiger partial charge in [0.05, 0.1) is 18.1 Å². The van der Waals surface area contributed by atoms with Gasteiger partial charge in [-0.3, -0.25) is 4.79 Å². The van der Waals surface area contributed by atoms with Crippen molar-refractivity contribution in [2.24, 2.45) is 0 Å². The minimum absolute atomic E-state index is 0.00353. The summed E-state index contributed by atoms with van der Waals surface area (Å²) >= 11 is 7.29. The van der Waals surface area contributed by atoms with Gasteiger partial charge in [-0.15, -0.1) is 11.3 Å². The van der Waals surface area contributed by atoms with Gasteiger partial charge in [0, 0.05) is 16.6 Å². The number of aliphatic hydroxyl groups is 1. The van der Waals surface area contributed by atoms with Gasteiger partial charge in [-0.2, -0.15) is 0 Å². The predicted molar refractivity (Wildman–Crippen MR) is 84.3 cm³/mol. The van der Waals surface area contributed by atoms with Gasteiger partial charge in [0.1, 0.15) is 5.01 Å². The Balaban J connectivity index is 1.97. The molecule has 0 aliphatic rings. The molecular weight excluding hydrogens is 308 g/mol. The Hall–Kier alpha value is -1.43. The SMILES string of the molecule is CC(C)(NC(=O)CC(O)c1ccc(Cl)cc1)c1nccs1. The summed E-state index contributed by atoms with van der Waals surface area (Å²) in [6, 6.07) is 6.81. The van der Waals surface area contributed by atoms with Crippen LogP contribution in [0.4, 0.5) is 0 Å². The van der Waals surface area contributed by atoms with Crippen molar-refractivity contribution in [2.45, 2.75) is 31.9 Å². The number of aromatic nitrogens is 1. The van der Waals surface area contributed by atoms with Gasteiger partial charge >= 0.3 is 0 Å². The van der Waals surface area contributed by atoms with E-state index in [-0.39, 0.29) is 12.3 Å². The third kappa shape index (κ3) is 4.27. The summed E-state index contributed by atoms with van der Waals surface area (Å²) in [5.41, 5.74) is 0.118. The molecule has 112 valence electrons. The van der Waals surface area contributed by atoms with Crippen molar-refractivity contribution in [3.8, 4) is 0 Å². The number of thiazole rings is 1. The number of nitrogens with one attached hydrogen (secondary N) is 1. The number of hydrogen-bond acceptors (Lipinski definition) is 4. The number of carbonyl (C=O) groups excluding carboxylic acids is 1. The zero-order valence-electron chi connectivity index (χ0n) is 11.8. The van der Waals surface area contributed by atoms with Crippen LogP contribution in [0, 0.1) is 0 Å². The molecule has 0 aliphatic heterocycles. The summed E-state index contributed by atoms with van der Waals surface area (Å²) in [6.45, 7) is 3.77. The summed E-state index contributed by atoms with van der Waals surface area (Å²) in [7, 11) is 0. The van der Waals surface area contributed by atoms with Crippen LogP contribution in [-0.2, 0) is 10.3 Å². The van der Waals surface area contributed by atoms with Crippen molar-refractivity contribution in [2.75, 3.05) is 0 Å². The van der Waals surface area contributed by atoms with Crippen molar-refractivity contribution in [1.82, 2.24) is 10.3 Å². The largest absolute Gasteiger partial charge is 0.388 e. The fourth-order valence-electron chi connectivity index (χ4n) is 1.96. The van der Waals surface area contributed by atoms with Crippen molar-refractivity contribution in [1.29, 1.82) is 0 Å². The maximum absolute atomic E-state index is 12.1. The van der Waals surface area contributed by atoms with E-state index in [1.54, 1.807) is 30.5 Å². The maximum Gasteiger partial charge on any atom is 0.223 e. The highest BCUT2D eigenvalue weighted by Gasteiger charge is 2.26. The number of hydrogen-bond donors (Lipinski definition) is 2. The summed E-state index contributed by atoms with van der Waals surface area (Å²) < 4.78 is 0. The zero-order valence-corrected chi connectivity index (χ0v) is 13.4. The minimum atomic E-state index is -0.852. The van der Waals surface area contributed by atoms with Gasteiger partial charge in [0.2, 0.25) is 5.91 Å². The number of benzene rings is 1. The lowest BCUT2D eigenvalue weighted by molar-refractivity contribution is -0.124. The van der Waals surface area contributed by atoms with Gasteiger partial charge in [-0.05, 0) is 31.5 Å². The molecule has 1 aromatic heterocycles. The Kier molecular flexibility index (Phi) is 4.98. The molecular formula is C15H17ClN2O2S. The van der Waals surface area contributed by atoms with Crippen molar-refractivity contribution < 1.29 is 9.90 Å². The zero-order chi connectivity index (χ0) is 15.5. The first-order chi connectivity index (χ1) is 9.88. The van der Waals surface area contributed by atoms with Gasteiger partial charge < -0.3 is 10.4 Å². The van der Waals surface area contributed by atoms with Crippen LogP contribution in [-0.4, -0.2) is 16.0 Å². The number of halogens is 1. The second-order valence-electron chi connectivity index (χ2n) is 5.28. The van der Waals surface area contributed by atoms with Gasteiger partial charge in [-0.1, -0.05) is 23.7 Å². The second-order valence-corrected chi connectivity index (χ2v) is 6.61. The van der Waals surface area contributed by atoms with Gasteiger partial charge in [-0.25, -0.2) is 4.98 Å². The summed E-state index contributed by atoms with van der Waals surface area (Å²) in [5.74, 6) is -0.224. The molecule has 2 aromatic rings. The molecule has 4 nitrogen and oxygen atoms in total. The van der Waals surface area contributed by atoms with Crippen LogP contribution in [0.25, 0.3) is 0 Å². The monoisotopic (exact) mass is 324 g/mol. The molecule has 0 aliphatic carbocycles. The maximum atomic E-state index is 12.1. The third-order valence-corrected chi connectivity index (χ3v) is 4.40. The molecule has 2 N–H and O–H groups in total. The molecule has 1 unspecified atom stereocenters. The molecule has 1 amide bonds. The van der Waals surface area contributed by atoms with Crippen molar-refractivity contribution in [3.63, 3.8) is 0 Å². The smallest absolute Gasteiger partial charge is 0.223 e. The lowest BCUT2D eigenvalue weighted by Crippen LogP contribution is -2.41. The molecule has 0 saturated heterocycles. The first-order valence-corrected chi connectivity index (χ1v) is 7.79. The fourth-order valence-corrected chi connectivity index (χ4v) is 2.81. The number of nitrogens with zero attached hydrogens (tertiary/aromatic N) is 1. The highest BCUT2D eigenvalue weighted by Crippen LogP contribution is 2.24. The van der Waals surface area contributed by atoms with E-state index < -0.39 is 11.6 Å². The normalized spacial score (nSPS) is 13.0. The summed E-state index contributed by atoms with van der Waals surface area (Å²) in [4.78, 5) is 16.3. The molecule has 1 atom stereocenters.